The van der Waals surface area contributed by atoms with Crippen LogP contribution in [-0.4, -0.2) is 57.4 Å². The predicted molar refractivity (Wildman–Crippen MR) is 118 cm³/mol. The second kappa shape index (κ2) is 9.51. The molecular weight excluding hydrogens is 426 g/mol. The molecule has 2 aromatic carbocycles. The van der Waals surface area contributed by atoms with Gasteiger partial charge in [-0.15, -0.1) is 5.10 Å². The summed E-state index contributed by atoms with van der Waals surface area (Å²) < 4.78 is 7.32. The standard InChI is InChI=1S/C23H23N5O5/c1-27-18-11-15(8-10-20(29)30)7-9-19(18)33-13-17(23(27)32)25-22(31)21-24-14-28(26-21)12-16-5-3-2-4-6-16/h2-7,9,11,14,17H,8,10,12-13H2,1H3,(H,25,31)(H,29,30)/t17-/m0/s1. The van der Waals surface area contributed by atoms with Crippen LogP contribution < -0.4 is 15.0 Å². The van der Waals surface area contributed by atoms with E-state index < -0.39 is 17.9 Å². The van der Waals surface area contributed by atoms with Gasteiger partial charge in [-0.25, -0.2) is 9.67 Å². The Labute approximate surface area is 189 Å². The van der Waals surface area contributed by atoms with Crippen LogP contribution in [0.15, 0.2) is 54.9 Å². The molecule has 0 bridgehead atoms. The van der Waals surface area contributed by atoms with E-state index in [1.807, 2.05) is 30.3 Å². The van der Waals surface area contributed by atoms with Crippen LogP contribution in [0, 0.1) is 0 Å². The number of benzene rings is 2. The van der Waals surface area contributed by atoms with Crippen LogP contribution in [0.1, 0.15) is 28.2 Å². The number of rotatable bonds is 7. The average molecular weight is 449 g/mol. The van der Waals surface area contributed by atoms with Crippen LogP contribution in [0.5, 0.6) is 5.75 Å². The van der Waals surface area contributed by atoms with E-state index in [2.05, 4.69) is 15.4 Å². The highest BCUT2D eigenvalue weighted by molar-refractivity contribution is 6.02. The minimum absolute atomic E-state index is 0.0140. The molecule has 10 nitrogen and oxygen atoms in total. The SMILES string of the molecule is CN1C(=O)[C@@H](NC(=O)c2ncn(Cc3ccccc3)n2)COc2ccc(CCC(=O)O)cc21. The highest BCUT2D eigenvalue weighted by Gasteiger charge is 2.31. The lowest BCUT2D eigenvalue weighted by molar-refractivity contribution is -0.137. The van der Waals surface area contributed by atoms with Gasteiger partial charge in [0.25, 0.3) is 11.8 Å². The number of carboxylic acid groups (broad SMARTS) is 1. The third-order valence-electron chi connectivity index (χ3n) is 5.28. The zero-order valence-electron chi connectivity index (χ0n) is 18.0. The van der Waals surface area contributed by atoms with Crippen molar-refractivity contribution in [2.45, 2.75) is 25.4 Å². The summed E-state index contributed by atoms with van der Waals surface area (Å²) in [7, 11) is 1.59. The number of amides is 2. The van der Waals surface area contributed by atoms with Crippen molar-refractivity contribution >= 4 is 23.5 Å². The Balaban J connectivity index is 1.43. The number of fused-ring (bicyclic) bond motifs is 1. The smallest absolute Gasteiger partial charge is 0.303 e. The molecule has 2 heterocycles. The van der Waals surface area contributed by atoms with Crippen molar-refractivity contribution in [2.75, 3.05) is 18.6 Å². The largest absolute Gasteiger partial charge is 0.489 e. The zero-order chi connectivity index (χ0) is 23.4. The maximum Gasteiger partial charge on any atom is 0.303 e. The van der Waals surface area contributed by atoms with E-state index in [0.29, 0.717) is 24.4 Å². The summed E-state index contributed by atoms with van der Waals surface area (Å²) >= 11 is 0. The number of ether oxygens (including phenoxy) is 1. The number of aliphatic carboxylic acids is 1. The lowest BCUT2D eigenvalue weighted by Gasteiger charge is -2.20. The first-order valence-corrected chi connectivity index (χ1v) is 10.4. The second-order valence-electron chi connectivity index (χ2n) is 7.68. The van der Waals surface area contributed by atoms with Crippen molar-refractivity contribution in [3.8, 4) is 5.75 Å². The Morgan fingerprint density at radius 1 is 1.18 bits per heavy atom. The van der Waals surface area contributed by atoms with Crippen LogP contribution in [0.4, 0.5) is 5.69 Å². The number of hydrogen-bond acceptors (Lipinski definition) is 6. The van der Waals surface area contributed by atoms with Gasteiger partial charge in [0, 0.05) is 13.5 Å². The molecule has 2 amide bonds. The first kappa shape index (κ1) is 22.0. The Morgan fingerprint density at radius 2 is 1.97 bits per heavy atom. The van der Waals surface area contributed by atoms with Gasteiger partial charge in [0.05, 0.1) is 12.2 Å². The topological polar surface area (TPSA) is 127 Å². The Hall–Kier alpha value is -4.21. The van der Waals surface area contributed by atoms with Crippen molar-refractivity contribution < 1.29 is 24.2 Å². The Bertz CT molecular complexity index is 1180. The molecule has 4 rings (SSSR count). The number of hydrogen-bond donors (Lipinski definition) is 2. The van der Waals surface area contributed by atoms with Gasteiger partial charge >= 0.3 is 5.97 Å². The molecular formula is C23H23N5O5. The third-order valence-corrected chi connectivity index (χ3v) is 5.28. The molecule has 0 spiro atoms. The summed E-state index contributed by atoms with van der Waals surface area (Å²) in [6, 6.07) is 13.9. The third kappa shape index (κ3) is 5.17. The average Bonchev–Trinajstić information content (AvgIpc) is 3.24. The highest BCUT2D eigenvalue weighted by atomic mass is 16.5. The van der Waals surface area contributed by atoms with Gasteiger partial charge in [-0.3, -0.25) is 14.4 Å². The van der Waals surface area contributed by atoms with E-state index >= 15 is 0 Å². The van der Waals surface area contributed by atoms with Crippen LogP contribution in [0.3, 0.4) is 0 Å². The maximum atomic E-state index is 13.0. The Morgan fingerprint density at radius 3 is 2.73 bits per heavy atom. The lowest BCUT2D eigenvalue weighted by Crippen LogP contribution is -2.49. The van der Waals surface area contributed by atoms with Gasteiger partial charge in [-0.2, -0.15) is 0 Å². The van der Waals surface area contributed by atoms with Crippen LogP contribution in [0.25, 0.3) is 0 Å². The fraction of sp³-hybridized carbons (Fsp3) is 0.261. The van der Waals surface area contributed by atoms with Crippen LogP contribution in [-0.2, 0) is 22.6 Å². The molecule has 0 unspecified atom stereocenters. The quantitative estimate of drug-likeness (QED) is 0.560. The van der Waals surface area contributed by atoms with Gasteiger partial charge in [0.2, 0.25) is 5.82 Å². The van der Waals surface area contributed by atoms with E-state index in [9.17, 15) is 14.4 Å². The first-order chi connectivity index (χ1) is 15.9. The molecule has 33 heavy (non-hydrogen) atoms. The van der Waals surface area contributed by atoms with Gasteiger partial charge in [-0.1, -0.05) is 36.4 Å². The number of nitrogens with zero attached hydrogens (tertiary/aromatic N) is 4. The molecule has 1 aromatic heterocycles. The van der Waals surface area contributed by atoms with Gasteiger partial charge in [0.1, 0.15) is 24.7 Å². The molecule has 170 valence electrons. The van der Waals surface area contributed by atoms with Gasteiger partial charge in [0.15, 0.2) is 0 Å². The zero-order valence-corrected chi connectivity index (χ0v) is 18.0. The highest BCUT2D eigenvalue weighted by Crippen LogP contribution is 2.32. The summed E-state index contributed by atoms with van der Waals surface area (Å²) in [5.41, 5.74) is 2.31. The van der Waals surface area contributed by atoms with Crippen molar-refractivity contribution in [1.82, 2.24) is 20.1 Å². The number of carboxylic acids is 1. The van der Waals surface area contributed by atoms with Crippen molar-refractivity contribution in [2.24, 2.45) is 0 Å². The summed E-state index contributed by atoms with van der Waals surface area (Å²) in [4.78, 5) is 42.0. The van der Waals surface area contributed by atoms with Gasteiger partial charge < -0.3 is 20.1 Å². The predicted octanol–water partition coefficient (Wildman–Crippen LogP) is 1.50. The number of aromatic nitrogens is 3. The maximum absolute atomic E-state index is 13.0. The second-order valence-corrected chi connectivity index (χ2v) is 7.68. The van der Waals surface area contributed by atoms with E-state index in [-0.39, 0.29) is 24.8 Å². The fourth-order valence-electron chi connectivity index (χ4n) is 3.52. The lowest BCUT2D eigenvalue weighted by atomic mass is 10.1. The number of carbonyl (C=O) groups is 3. The molecule has 10 heteroatoms. The van der Waals surface area contributed by atoms with Crippen molar-refractivity contribution in [1.29, 1.82) is 0 Å². The number of nitrogens with one attached hydrogen (secondary N) is 1. The van der Waals surface area contributed by atoms with E-state index in [0.717, 1.165) is 11.1 Å². The monoisotopic (exact) mass is 449 g/mol. The van der Waals surface area contributed by atoms with Crippen LogP contribution >= 0.6 is 0 Å². The molecule has 0 saturated carbocycles. The number of likely N-dealkylation sites (N-methyl/N-ethyl adjacent to an activating group) is 1. The molecule has 0 fully saturated rings. The summed E-state index contributed by atoms with van der Waals surface area (Å²) in [5.74, 6) is -1.40. The first-order valence-electron chi connectivity index (χ1n) is 10.4. The number of carbonyl (C=O) groups excluding carboxylic acids is 2. The normalized spacial score (nSPS) is 15.4. The molecule has 0 aliphatic carbocycles. The Kier molecular flexibility index (Phi) is 6.34. The van der Waals surface area contributed by atoms with Crippen LogP contribution in [0.2, 0.25) is 0 Å². The summed E-state index contributed by atoms with van der Waals surface area (Å²) in [5, 5.41) is 15.8. The molecule has 3 aromatic rings. The number of anilines is 1. The van der Waals surface area contributed by atoms with Crippen molar-refractivity contribution in [3.63, 3.8) is 0 Å². The fourth-order valence-corrected chi connectivity index (χ4v) is 3.52. The minimum atomic E-state index is -0.932. The summed E-state index contributed by atoms with van der Waals surface area (Å²) in [6.07, 6.45) is 1.79. The molecule has 2 N–H and O–H groups in total. The molecule has 0 saturated heterocycles. The van der Waals surface area contributed by atoms with Gasteiger partial charge in [-0.05, 0) is 29.7 Å². The molecule has 1 atom stereocenters. The van der Waals surface area contributed by atoms with E-state index in [1.54, 1.807) is 29.9 Å². The van der Waals surface area contributed by atoms with E-state index in [4.69, 9.17) is 9.84 Å². The summed E-state index contributed by atoms with van der Waals surface area (Å²) in [6.45, 7) is 0.413. The van der Waals surface area contributed by atoms with E-state index in [1.165, 1.54) is 11.2 Å². The molecule has 1 aliphatic rings. The minimum Gasteiger partial charge on any atom is -0.489 e. The number of aryl methyl sites for hydroxylation is 1. The molecule has 0 radical (unpaired) electrons. The molecule has 1 aliphatic heterocycles. The van der Waals surface area contributed by atoms with Crippen molar-refractivity contribution in [3.05, 3.63) is 71.8 Å².